The normalized spacial score (nSPS) is 14.6. The fourth-order valence-corrected chi connectivity index (χ4v) is 4.98. The summed E-state index contributed by atoms with van der Waals surface area (Å²) >= 11 is 0. The van der Waals surface area contributed by atoms with Crippen LogP contribution in [0.2, 0.25) is 0 Å². The predicted octanol–water partition coefficient (Wildman–Crippen LogP) is 3.32. The van der Waals surface area contributed by atoms with Gasteiger partial charge in [0.15, 0.2) is 11.5 Å². The van der Waals surface area contributed by atoms with E-state index in [1.807, 2.05) is 6.92 Å². The van der Waals surface area contributed by atoms with Crippen LogP contribution in [0.25, 0.3) is 0 Å². The highest BCUT2D eigenvalue weighted by Gasteiger charge is 2.31. The van der Waals surface area contributed by atoms with Gasteiger partial charge in [0.25, 0.3) is 11.6 Å². The largest absolute Gasteiger partial charge is 0.490 e. The van der Waals surface area contributed by atoms with E-state index >= 15 is 0 Å². The van der Waals surface area contributed by atoms with Crippen molar-refractivity contribution >= 4 is 21.6 Å². The second-order valence-electron chi connectivity index (χ2n) is 7.74. The number of piperazine rings is 1. The van der Waals surface area contributed by atoms with E-state index in [1.54, 1.807) is 23.1 Å². The zero-order chi connectivity index (χ0) is 24.7. The first kappa shape index (κ1) is 25.4. The number of hydrogen-bond acceptors (Lipinski definition) is 7. The molecule has 11 heteroatoms. The molecule has 2 aromatic carbocycles. The quantitative estimate of drug-likeness (QED) is 0.284. The number of rotatable bonds is 10. The number of non-ortho nitro benzene ring substituents is 1. The molecule has 0 spiro atoms. The molecule has 0 saturated carbocycles. The molecule has 1 heterocycles. The van der Waals surface area contributed by atoms with E-state index in [0.717, 1.165) is 25.0 Å². The lowest BCUT2D eigenvalue weighted by Gasteiger charge is -2.34. The number of carbonyl (C=O) groups excluding carboxylic acids is 1. The van der Waals surface area contributed by atoms with Gasteiger partial charge in [0.05, 0.1) is 23.0 Å². The summed E-state index contributed by atoms with van der Waals surface area (Å²) < 4.78 is 38.5. The molecule has 10 nitrogen and oxygen atoms in total. The van der Waals surface area contributed by atoms with Crippen molar-refractivity contribution in [3.8, 4) is 11.5 Å². The lowest BCUT2D eigenvalue weighted by Crippen LogP contribution is -2.50. The number of sulfonamides is 1. The van der Waals surface area contributed by atoms with Crippen molar-refractivity contribution in [2.75, 3.05) is 39.4 Å². The minimum atomic E-state index is -3.81. The van der Waals surface area contributed by atoms with E-state index in [4.69, 9.17) is 9.47 Å². The minimum absolute atomic E-state index is 0.0158. The summed E-state index contributed by atoms with van der Waals surface area (Å²) in [6.07, 6.45) is 1.92. The summed E-state index contributed by atoms with van der Waals surface area (Å²) in [5.41, 5.74) is 0.264. The average molecular weight is 492 g/mol. The van der Waals surface area contributed by atoms with Crippen LogP contribution < -0.4 is 9.47 Å². The van der Waals surface area contributed by atoms with E-state index in [-0.39, 0.29) is 42.7 Å². The molecule has 1 aliphatic heterocycles. The fourth-order valence-electron chi connectivity index (χ4n) is 3.56. The monoisotopic (exact) mass is 491 g/mol. The summed E-state index contributed by atoms with van der Waals surface area (Å²) in [5.74, 6) is 0.878. The Bertz CT molecular complexity index is 1110. The first-order chi connectivity index (χ1) is 16.3. The molecule has 1 amide bonds. The van der Waals surface area contributed by atoms with Crippen LogP contribution >= 0.6 is 0 Å². The lowest BCUT2D eigenvalue weighted by molar-refractivity contribution is -0.384. The van der Waals surface area contributed by atoms with Crippen LogP contribution in [0.5, 0.6) is 11.5 Å². The molecule has 1 saturated heterocycles. The highest BCUT2D eigenvalue weighted by atomic mass is 32.2. The van der Waals surface area contributed by atoms with Gasteiger partial charge in [-0.15, -0.1) is 0 Å². The summed E-state index contributed by atoms with van der Waals surface area (Å²) in [5, 5.41) is 10.8. The minimum Gasteiger partial charge on any atom is -0.490 e. The molecule has 2 aromatic rings. The zero-order valence-electron chi connectivity index (χ0n) is 19.3. The van der Waals surface area contributed by atoms with Crippen molar-refractivity contribution < 1.29 is 27.6 Å². The fraction of sp³-hybridized carbons (Fsp3) is 0.435. The number of hydrogen-bond donors (Lipinski definition) is 0. The molecule has 3 rings (SSSR count). The predicted molar refractivity (Wildman–Crippen MR) is 126 cm³/mol. The Labute approximate surface area is 199 Å². The molecule has 0 atom stereocenters. The van der Waals surface area contributed by atoms with Crippen molar-refractivity contribution in [2.24, 2.45) is 0 Å². The Morgan fingerprint density at radius 3 is 2.26 bits per heavy atom. The lowest BCUT2D eigenvalue weighted by atomic mass is 10.1. The highest BCUT2D eigenvalue weighted by Crippen LogP contribution is 2.30. The van der Waals surface area contributed by atoms with Crippen molar-refractivity contribution in [1.29, 1.82) is 0 Å². The van der Waals surface area contributed by atoms with Crippen molar-refractivity contribution in [3.63, 3.8) is 0 Å². The summed E-state index contributed by atoms with van der Waals surface area (Å²) in [6, 6.07) is 9.85. The highest BCUT2D eigenvalue weighted by molar-refractivity contribution is 7.89. The Morgan fingerprint density at radius 2 is 1.68 bits per heavy atom. The Morgan fingerprint density at radius 1 is 1.00 bits per heavy atom. The summed E-state index contributed by atoms with van der Waals surface area (Å²) in [6.45, 7) is 5.63. The molecular formula is C23H29N3O7S. The number of nitro groups is 1. The average Bonchev–Trinajstić information content (AvgIpc) is 2.85. The third kappa shape index (κ3) is 5.84. The molecule has 0 bridgehead atoms. The zero-order valence-corrected chi connectivity index (χ0v) is 20.1. The van der Waals surface area contributed by atoms with Gasteiger partial charge in [0, 0.05) is 43.9 Å². The third-order valence-corrected chi connectivity index (χ3v) is 7.37. The molecule has 0 radical (unpaired) electrons. The third-order valence-electron chi connectivity index (χ3n) is 5.46. The Balaban J connectivity index is 1.66. The molecule has 1 fully saturated rings. The van der Waals surface area contributed by atoms with E-state index in [0.29, 0.717) is 30.3 Å². The molecule has 184 valence electrons. The van der Waals surface area contributed by atoms with Crippen LogP contribution in [0.4, 0.5) is 5.69 Å². The van der Waals surface area contributed by atoms with Crippen molar-refractivity contribution in [2.45, 2.75) is 31.6 Å². The second kappa shape index (κ2) is 11.3. The number of unbranched alkanes of at least 4 members (excludes halogenated alkanes) is 1. The standard InChI is InChI=1S/C23H29N3O7S/c1-3-5-16-33-21-11-6-18(17-22(21)32-4-2)23(27)24-12-14-25(15-13-24)34(30,31)20-9-7-19(8-10-20)26(28)29/h6-11,17H,3-5,12-16H2,1-2H3. The number of amides is 1. The first-order valence-corrected chi connectivity index (χ1v) is 12.7. The second-order valence-corrected chi connectivity index (χ2v) is 9.68. The molecular weight excluding hydrogens is 462 g/mol. The van der Waals surface area contributed by atoms with E-state index in [2.05, 4.69) is 6.92 Å². The van der Waals surface area contributed by atoms with Gasteiger partial charge in [-0.3, -0.25) is 14.9 Å². The molecule has 0 aliphatic carbocycles. The number of carbonyl (C=O) groups is 1. The van der Waals surface area contributed by atoms with Crippen LogP contribution in [-0.2, 0) is 10.0 Å². The number of nitrogens with zero attached hydrogens (tertiary/aromatic N) is 3. The maximum atomic E-state index is 13.1. The Kier molecular flexibility index (Phi) is 8.46. The number of nitro benzene ring substituents is 1. The van der Waals surface area contributed by atoms with Crippen molar-refractivity contribution in [3.05, 3.63) is 58.1 Å². The van der Waals surface area contributed by atoms with Gasteiger partial charge in [-0.05, 0) is 43.7 Å². The van der Waals surface area contributed by atoms with Crippen LogP contribution in [0, 0.1) is 10.1 Å². The van der Waals surface area contributed by atoms with E-state index in [9.17, 15) is 23.3 Å². The van der Waals surface area contributed by atoms with Gasteiger partial charge >= 0.3 is 0 Å². The van der Waals surface area contributed by atoms with Gasteiger partial charge < -0.3 is 14.4 Å². The topological polar surface area (TPSA) is 119 Å². The van der Waals surface area contributed by atoms with Crippen LogP contribution in [-0.4, -0.2) is 67.8 Å². The summed E-state index contributed by atoms with van der Waals surface area (Å²) in [4.78, 5) is 24.9. The van der Waals surface area contributed by atoms with Gasteiger partial charge in [0.1, 0.15) is 0 Å². The van der Waals surface area contributed by atoms with Gasteiger partial charge in [-0.25, -0.2) is 8.42 Å². The van der Waals surface area contributed by atoms with Crippen LogP contribution in [0.15, 0.2) is 47.4 Å². The number of ether oxygens (including phenoxy) is 2. The molecule has 0 N–H and O–H groups in total. The number of benzene rings is 2. The maximum absolute atomic E-state index is 13.1. The van der Waals surface area contributed by atoms with Crippen molar-refractivity contribution in [1.82, 2.24) is 9.21 Å². The molecule has 1 aliphatic rings. The smallest absolute Gasteiger partial charge is 0.269 e. The molecule has 34 heavy (non-hydrogen) atoms. The van der Waals surface area contributed by atoms with E-state index < -0.39 is 14.9 Å². The van der Waals surface area contributed by atoms with E-state index in [1.165, 1.54) is 16.4 Å². The summed E-state index contributed by atoms with van der Waals surface area (Å²) in [7, 11) is -3.81. The van der Waals surface area contributed by atoms with Gasteiger partial charge in [-0.2, -0.15) is 4.31 Å². The van der Waals surface area contributed by atoms with Gasteiger partial charge in [-0.1, -0.05) is 13.3 Å². The van der Waals surface area contributed by atoms with Gasteiger partial charge in [0.2, 0.25) is 10.0 Å². The SMILES string of the molecule is CCCCOc1ccc(C(=O)N2CCN(S(=O)(=O)c3ccc([N+](=O)[O-])cc3)CC2)cc1OCC. The maximum Gasteiger partial charge on any atom is 0.269 e. The molecule has 0 unspecified atom stereocenters. The van der Waals surface area contributed by atoms with Crippen LogP contribution in [0.1, 0.15) is 37.0 Å². The molecule has 0 aromatic heterocycles. The first-order valence-electron chi connectivity index (χ1n) is 11.2. The van der Waals surface area contributed by atoms with Crippen LogP contribution in [0.3, 0.4) is 0 Å². The Hall–Kier alpha value is -3.18.